The molecule has 2 fully saturated rings. The molecule has 2 heterocycles. The molecule has 0 bridgehead atoms. The highest BCUT2D eigenvalue weighted by Gasteiger charge is 2.42. The van der Waals surface area contributed by atoms with Gasteiger partial charge in [0.1, 0.15) is 4.32 Å². The van der Waals surface area contributed by atoms with Gasteiger partial charge >= 0.3 is 0 Å². The summed E-state index contributed by atoms with van der Waals surface area (Å²) in [6.07, 6.45) is 2.16. The van der Waals surface area contributed by atoms with E-state index in [2.05, 4.69) is 0 Å². The quantitative estimate of drug-likeness (QED) is 0.567. The van der Waals surface area contributed by atoms with Crippen LogP contribution in [0.15, 0.2) is 23.1 Å². The summed E-state index contributed by atoms with van der Waals surface area (Å²) in [7, 11) is 0.0117. The lowest BCUT2D eigenvalue weighted by atomic mass is 10.1. The highest BCUT2D eigenvalue weighted by molar-refractivity contribution is 8.26. The normalized spacial score (nSPS) is 24.2. The maximum absolute atomic E-state index is 12.7. The zero-order chi connectivity index (χ0) is 18.2. The Bertz CT molecular complexity index is 863. The van der Waals surface area contributed by atoms with Crippen molar-refractivity contribution < 1.29 is 22.7 Å². The van der Waals surface area contributed by atoms with Crippen LogP contribution >= 0.6 is 24.0 Å². The highest BCUT2D eigenvalue weighted by atomic mass is 32.2. The van der Waals surface area contributed by atoms with E-state index in [0.29, 0.717) is 27.1 Å². The standard InChI is InChI=1S/C16H17NO5S3/c1-21-12-4-3-10(7-13(12)22-2)8-14-15(18)17(16(23)24-14)11-5-6-25(19,20)9-11/h3-4,7-8,11H,5-6,9H2,1-2H3. The third-order valence-corrected chi connectivity index (χ3v) is 7.18. The van der Waals surface area contributed by atoms with Gasteiger partial charge in [-0.2, -0.15) is 0 Å². The second-order valence-corrected chi connectivity index (χ2v) is 9.63. The molecule has 1 atom stereocenters. The molecule has 2 saturated heterocycles. The molecule has 1 unspecified atom stereocenters. The van der Waals surface area contributed by atoms with Crippen molar-refractivity contribution in [3.8, 4) is 11.5 Å². The topological polar surface area (TPSA) is 72.9 Å². The van der Waals surface area contributed by atoms with Crippen LogP contribution in [0, 0.1) is 0 Å². The average molecular weight is 400 g/mol. The summed E-state index contributed by atoms with van der Waals surface area (Å²) in [5.41, 5.74) is 0.775. The summed E-state index contributed by atoms with van der Waals surface area (Å²) in [4.78, 5) is 14.6. The number of methoxy groups -OCH3 is 2. The first-order valence-electron chi connectivity index (χ1n) is 7.54. The number of amides is 1. The number of carbonyl (C=O) groups excluding carboxylic acids is 1. The number of nitrogens with zero attached hydrogens (tertiary/aromatic N) is 1. The van der Waals surface area contributed by atoms with Gasteiger partial charge in [-0.15, -0.1) is 0 Å². The Morgan fingerprint density at radius 1 is 1.28 bits per heavy atom. The van der Waals surface area contributed by atoms with Crippen molar-refractivity contribution in [1.82, 2.24) is 4.90 Å². The van der Waals surface area contributed by atoms with Crippen molar-refractivity contribution in [2.24, 2.45) is 0 Å². The fourth-order valence-electron chi connectivity index (χ4n) is 2.87. The Kier molecular flexibility index (Phi) is 5.08. The van der Waals surface area contributed by atoms with Gasteiger partial charge in [0.2, 0.25) is 0 Å². The predicted octanol–water partition coefficient (Wildman–Crippen LogP) is 2.09. The second kappa shape index (κ2) is 6.97. The van der Waals surface area contributed by atoms with Gasteiger partial charge in [0, 0.05) is 0 Å². The molecule has 9 heteroatoms. The Morgan fingerprint density at radius 3 is 2.60 bits per heavy atom. The van der Waals surface area contributed by atoms with E-state index in [0.717, 1.165) is 5.56 Å². The van der Waals surface area contributed by atoms with Gasteiger partial charge < -0.3 is 9.47 Å². The van der Waals surface area contributed by atoms with Crippen molar-refractivity contribution in [3.63, 3.8) is 0 Å². The molecule has 134 valence electrons. The van der Waals surface area contributed by atoms with Crippen LogP contribution in [-0.4, -0.2) is 55.3 Å². The van der Waals surface area contributed by atoms with Gasteiger partial charge in [-0.05, 0) is 30.2 Å². The number of benzene rings is 1. The summed E-state index contributed by atoms with van der Waals surface area (Å²) in [6, 6.07) is 4.97. The molecule has 2 aliphatic heterocycles. The van der Waals surface area contributed by atoms with Crippen LogP contribution in [0.5, 0.6) is 11.5 Å². The molecule has 0 N–H and O–H groups in total. The lowest BCUT2D eigenvalue weighted by Crippen LogP contribution is -2.39. The molecule has 6 nitrogen and oxygen atoms in total. The van der Waals surface area contributed by atoms with Crippen LogP contribution in [0.25, 0.3) is 6.08 Å². The number of hydrogen-bond donors (Lipinski definition) is 0. The zero-order valence-electron chi connectivity index (χ0n) is 13.7. The summed E-state index contributed by atoms with van der Waals surface area (Å²) in [6.45, 7) is 0. The van der Waals surface area contributed by atoms with Crippen LogP contribution in [0.1, 0.15) is 12.0 Å². The lowest BCUT2D eigenvalue weighted by molar-refractivity contribution is -0.123. The first-order valence-corrected chi connectivity index (χ1v) is 10.6. The average Bonchev–Trinajstić information content (AvgIpc) is 3.06. The monoisotopic (exact) mass is 399 g/mol. The third-order valence-electron chi connectivity index (χ3n) is 4.10. The summed E-state index contributed by atoms with van der Waals surface area (Å²) in [5, 5.41) is 0. The van der Waals surface area contributed by atoms with Crippen LogP contribution in [-0.2, 0) is 14.6 Å². The van der Waals surface area contributed by atoms with Crippen LogP contribution < -0.4 is 9.47 Å². The number of ether oxygens (including phenoxy) is 2. The van der Waals surface area contributed by atoms with E-state index < -0.39 is 9.84 Å². The molecule has 0 radical (unpaired) electrons. The van der Waals surface area contributed by atoms with E-state index in [1.165, 1.54) is 16.7 Å². The molecule has 25 heavy (non-hydrogen) atoms. The van der Waals surface area contributed by atoms with Crippen LogP contribution in [0.3, 0.4) is 0 Å². The Balaban J connectivity index is 1.86. The van der Waals surface area contributed by atoms with Crippen molar-refractivity contribution in [2.75, 3.05) is 25.7 Å². The fourth-order valence-corrected chi connectivity index (χ4v) is 5.97. The third kappa shape index (κ3) is 3.68. The molecular formula is C16H17NO5S3. The second-order valence-electron chi connectivity index (χ2n) is 5.72. The van der Waals surface area contributed by atoms with Crippen molar-refractivity contribution >= 4 is 50.1 Å². The van der Waals surface area contributed by atoms with Gasteiger partial charge in [0.15, 0.2) is 21.3 Å². The van der Waals surface area contributed by atoms with Gasteiger partial charge in [-0.1, -0.05) is 30.0 Å². The molecule has 2 aliphatic rings. The van der Waals surface area contributed by atoms with E-state index >= 15 is 0 Å². The van der Waals surface area contributed by atoms with E-state index in [-0.39, 0.29) is 23.5 Å². The molecule has 0 spiro atoms. The Labute approximate surface area is 156 Å². The predicted molar refractivity (Wildman–Crippen MR) is 102 cm³/mol. The van der Waals surface area contributed by atoms with Gasteiger partial charge in [0.25, 0.3) is 5.91 Å². The summed E-state index contributed by atoms with van der Waals surface area (Å²) >= 11 is 6.49. The maximum Gasteiger partial charge on any atom is 0.266 e. The zero-order valence-corrected chi connectivity index (χ0v) is 16.2. The van der Waals surface area contributed by atoms with Gasteiger partial charge in [-0.25, -0.2) is 8.42 Å². The number of thioether (sulfide) groups is 1. The maximum atomic E-state index is 12.7. The molecule has 1 aromatic rings. The summed E-state index contributed by atoms with van der Waals surface area (Å²) < 4.78 is 34.2. The van der Waals surface area contributed by atoms with Crippen LogP contribution in [0.4, 0.5) is 0 Å². The van der Waals surface area contributed by atoms with Gasteiger partial charge in [-0.3, -0.25) is 9.69 Å². The first kappa shape index (κ1) is 18.2. The molecule has 1 aromatic carbocycles. The van der Waals surface area contributed by atoms with Crippen molar-refractivity contribution in [3.05, 3.63) is 28.7 Å². The van der Waals surface area contributed by atoms with E-state index in [1.54, 1.807) is 32.4 Å². The summed E-state index contributed by atoms with van der Waals surface area (Å²) in [5.74, 6) is 0.996. The number of hydrogen-bond acceptors (Lipinski definition) is 7. The van der Waals surface area contributed by atoms with E-state index in [1.807, 2.05) is 6.07 Å². The Hall–Kier alpha value is -1.58. The SMILES string of the molecule is COc1ccc(C=C2SC(=S)N(C3CCS(=O)(=O)C3)C2=O)cc1OC. The fraction of sp³-hybridized carbons (Fsp3) is 0.375. The van der Waals surface area contributed by atoms with Crippen LogP contribution in [0.2, 0.25) is 0 Å². The van der Waals surface area contributed by atoms with Gasteiger partial charge in [0.05, 0.1) is 36.7 Å². The van der Waals surface area contributed by atoms with Crippen molar-refractivity contribution in [1.29, 1.82) is 0 Å². The minimum absolute atomic E-state index is 0.0247. The minimum atomic E-state index is -3.09. The molecule has 0 aliphatic carbocycles. The molecule has 1 amide bonds. The minimum Gasteiger partial charge on any atom is -0.493 e. The number of thiocarbonyl (C=S) groups is 1. The highest BCUT2D eigenvalue weighted by Crippen LogP contribution is 2.37. The van der Waals surface area contributed by atoms with E-state index in [4.69, 9.17) is 21.7 Å². The molecule has 0 aromatic heterocycles. The Morgan fingerprint density at radius 2 is 2.00 bits per heavy atom. The largest absolute Gasteiger partial charge is 0.493 e. The number of rotatable bonds is 4. The smallest absolute Gasteiger partial charge is 0.266 e. The number of sulfone groups is 1. The number of carbonyl (C=O) groups is 1. The lowest BCUT2D eigenvalue weighted by Gasteiger charge is -2.20. The van der Waals surface area contributed by atoms with Crippen molar-refractivity contribution in [2.45, 2.75) is 12.5 Å². The molecule has 0 saturated carbocycles. The first-order chi connectivity index (χ1) is 11.8. The molecule has 3 rings (SSSR count). The molecular weight excluding hydrogens is 382 g/mol. The van der Waals surface area contributed by atoms with E-state index in [9.17, 15) is 13.2 Å².